The first-order chi connectivity index (χ1) is 16.5. The van der Waals surface area contributed by atoms with Gasteiger partial charge in [0.2, 0.25) is 21.8 Å². The molecule has 0 fully saturated rings. The highest BCUT2D eigenvalue weighted by Crippen LogP contribution is 2.27. The first kappa shape index (κ1) is 29.2. The van der Waals surface area contributed by atoms with E-state index in [-0.39, 0.29) is 28.2 Å². The Bertz CT molecular complexity index is 1110. The van der Waals surface area contributed by atoms with Crippen molar-refractivity contribution in [2.24, 2.45) is 0 Å². The van der Waals surface area contributed by atoms with Gasteiger partial charge in [0.1, 0.15) is 12.6 Å². The van der Waals surface area contributed by atoms with E-state index in [0.29, 0.717) is 18.0 Å². The van der Waals surface area contributed by atoms with Crippen molar-refractivity contribution in [2.45, 2.75) is 45.7 Å². The highest BCUT2D eigenvalue weighted by molar-refractivity contribution is 7.92. The Labute approximate surface area is 222 Å². The number of carbonyl (C=O) groups is 2. The van der Waals surface area contributed by atoms with Gasteiger partial charge in [0, 0.05) is 28.2 Å². The summed E-state index contributed by atoms with van der Waals surface area (Å²) in [6.07, 6.45) is 3.06. The Morgan fingerprint density at radius 2 is 1.57 bits per heavy atom. The highest BCUT2D eigenvalue weighted by Gasteiger charge is 2.31. The van der Waals surface area contributed by atoms with Gasteiger partial charge in [-0.15, -0.1) is 0 Å². The second kappa shape index (κ2) is 13.3. The Balaban J connectivity index is 2.42. The first-order valence-corrected chi connectivity index (χ1v) is 14.2. The number of halogens is 3. The molecule has 0 spiro atoms. The molecule has 7 nitrogen and oxygen atoms in total. The summed E-state index contributed by atoms with van der Waals surface area (Å²) in [5, 5.41) is 3.87. The number of hydrogen-bond acceptors (Lipinski definition) is 4. The second-order valence-corrected chi connectivity index (χ2v) is 11.3. The minimum Gasteiger partial charge on any atom is -0.354 e. The molecule has 0 saturated carbocycles. The fourth-order valence-corrected chi connectivity index (χ4v) is 4.98. The van der Waals surface area contributed by atoms with Crippen molar-refractivity contribution >= 4 is 62.3 Å². The van der Waals surface area contributed by atoms with E-state index in [9.17, 15) is 18.0 Å². The SMILES string of the molecule is CCCCNC(=O)[C@@H](CC)N(Cc1ccc(Cl)cc1)C(=O)CN(c1cc(Cl)cc(Cl)c1)S(C)(=O)=O. The lowest BCUT2D eigenvalue weighted by Crippen LogP contribution is -2.52. The van der Waals surface area contributed by atoms with Crippen molar-refractivity contribution in [1.82, 2.24) is 10.2 Å². The molecule has 0 radical (unpaired) electrons. The van der Waals surface area contributed by atoms with Gasteiger partial charge in [-0.25, -0.2) is 8.42 Å². The number of anilines is 1. The van der Waals surface area contributed by atoms with E-state index >= 15 is 0 Å². The Hall–Kier alpha value is -2.00. The van der Waals surface area contributed by atoms with Crippen LogP contribution in [0.25, 0.3) is 0 Å². The third-order valence-electron chi connectivity index (χ3n) is 5.30. The van der Waals surface area contributed by atoms with Crippen molar-refractivity contribution < 1.29 is 18.0 Å². The summed E-state index contributed by atoms with van der Waals surface area (Å²) in [4.78, 5) is 28.0. The van der Waals surface area contributed by atoms with E-state index in [1.807, 2.05) is 6.92 Å². The van der Waals surface area contributed by atoms with E-state index in [2.05, 4.69) is 5.32 Å². The van der Waals surface area contributed by atoms with Gasteiger partial charge in [-0.2, -0.15) is 0 Å². The molecule has 0 aromatic heterocycles. The van der Waals surface area contributed by atoms with Crippen LogP contribution in [0.15, 0.2) is 42.5 Å². The molecular weight excluding hydrogens is 533 g/mol. The smallest absolute Gasteiger partial charge is 0.244 e. The van der Waals surface area contributed by atoms with Gasteiger partial charge in [0.25, 0.3) is 0 Å². The summed E-state index contributed by atoms with van der Waals surface area (Å²) in [6.45, 7) is 3.88. The monoisotopic (exact) mass is 561 g/mol. The molecule has 0 saturated heterocycles. The van der Waals surface area contributed by atoms with Gasteiger partial charge >= 0.3 is 0 Å². The van der Waals surface area contributed by atoms with Crippen LogP contribution in [0.3, 0.4) is 0 Å². The molecule has 0 unspecified atom stereocenters. The van der Waals surface area contributed by atoms with Crippen molar-refractivity contribution in [2.75, 3.05) is 23.7 Å². The molecule has 0 bridgehead atoms. The molecule has 1 atom stereocenters. The van der Waals surface area contributed by atoms with E-state index in [0.717, 1.165) is 29.0 Å². The van der Waals surface area contributed by atoms with Gasteiger partial charge in [0.05, 0.1) is 11.9 Å². The van der Waals surface area contributed by atoms with Crippen LogP contribution in [0, 0.1) is 0 Å². The topological polar surface area (TPSA) is 86.8 Å². The first-order valence-electron chi connectivity index (χ1n) is 11.2. The van der Waals surface area contributed by atoms with Crippen LogP contribution in [0.4, 0.5) is 5.69 Å². The van der Waals surface area contributed by atoms with Crippen LogP contribution in [0.1, 0.15) is 38.7 Å². The molecular formula is C24H30Cl3N3O4S. The van der Waals surface area contributed by atoms with E-state index in [4.69, 9.17) is 34.8 Å². The molecule has 11 heteroatoms. The predicted molar refractivity (Wildman–Crippen MR) is 143 cm³/mol. The van der Waals surface area contributed by atoms with Gasteiger partial charge in [-0.1, -0.05) is 67.2 Å². The van der Waals surface area contributed by atoms with E-state index in [1.165, 1.54) is 23.1 Å². The normalized spacial score (nSPS) is 12.2. The van der Waals surface area contributed by atoms with Gasteiger partial charge in [-0.05, 0) is 48.7 Å². The van der Waals surface area contributed by atoms with Crippen molar-refractivity contribution in [3.05, 3.63) is 63.1 Å². The summed E-state index contributed by atoms with van der Waals surface area (Å²) in [5.74, 6) is -0.834. The minimum atomic E-state index is -3.88. The molecule has 1 N–H and O–H groups in total. The van der Waals surface area contributed by atoms with Crippen LogP contribution in [-0.2, 0) is 26.2 Å². The predicted octanol–water partition coefficient (Wildman–Crippen LogP) is 5.14. The van der Waals surface area contributed by atoms with E-state index < -0.39 is 28.5 Å². The summed E-state index contributed by atoms with van der Waals surface area (Å²) in [5.41, 5.74) is 0.907. The quantitative estimate of drug-likeness (QED) is 0.363. The van der Waals surface area contributed by atoms with Crippen molar-refractivity contribution in [1.29, 1.82) is 0 Å². The molecule has 2 rings (SSSR count). The fraction of sp³-hybridized carbons (Fsp3) is 0.417. The Morgan fingerprint density at radius 1 is 0.971 bits per heavy atom. The number of nitrogens with one attached hydrogen (secondary N) is 1. The summed E-state index contributed by atoms with van der Waals surface area (Å²) in [7, 11) is -3.88. The van der Waals surface area contributed by atoms with Gasteiger partial charge in [0.15, 0.2) is 0 Å². The summed E-state index contributed by atoms with van der Waals surface area (Å²) >= 11 is 18.1. The number of nitrogens with zero attached hydrogens (tertiary/aromatic N) is 2. The third kappa shape index (κ3) is 8.86. The number of hydrogen-bond donors (Lipinski definition) is 1. The largest absolute Gasteiger partial charge is 0.354 e. The molecule has 0 aliphatic carbocycles. The molecule has 2 aromatic rings. The lowest BCUT2D eigenvalue weighted by molar-refractivity contribution is -0.140. The number of sulfonamides is 1. The summed E-state index contributed by atoms with van der Waals surface area (Å²) in [6, 6.07) is 10.4. The molecule has 0 aliphatic rings. The maximum atomic E-state index is 13.6. The van der Waals surface area contributed by atoms with Crippen LogP contribution in [0.5, 0.6) is 0 Å². The average molecular weight is 563 g/mol. The number of benzene rings is 2. The minimum absolute atomic E-state index is 0.101. The third-order valence-corrected chi connectivity index (χ3v) is 7.13. The molecule has 2 amide bonds. The van der Waals surface area contributed by atoms with Crippen molar-refractivity contribution in [3.63, 3.8) is 0 Å². The maximum Gasteiger partial charge on any atom is 0.244 e. The van der Waals surface area contributed by atoms with E-state index in [1.54, 1.807) is 31.2 Å². The molecule has 0 aliphatic heterocycles. The second-order valence-electron chi connectivity index (χ2n) is 8.11. The Morgan fingerprint density at radius 3 is 2.09 bits per heavy atom. The van der Waals surface area contributed by atoms with Gasteiger partial charge < -0.3 is 10.2 Å². The summed E-state index contributed by atoms with van der Waals surface area (Å²) < 4.78 is 26.2. The standard InChI is InChI=1S/C24H30Cl3N3O4S/c1-4-6-11-28-24(32)22(5-2)29(15-17-7-9-18(25)10-8-17)23(31)16-30(35(3,33)34)21-13-19(26)12-20(27)14-21/h7-10,12-14,22H,4-6,11,15-16H2,1-3H3,(H,28,32)/t22-/m1/s1. The highest BCUT2D eigenvalue weighted by atomic mass is 35.5. The van der Waals surface area contributed by atoms with Crippen LogP contribution in [-0.4, -0.2) is 50.5 Å². The zero-order chi connectivity index (χ0) is 26.2. The Kier molecular flexibility index (Phi) is 11.1. The van der Waals surface area contributed by atoms with Gasteiger partial charge in [-0.3, -0.25) is 13.9 Å². The molecule has 192 valence electrons. The maximum absolute atomic E-state index is 13.6. The average Bonchev–Trinajstić information content (AvgIpc) is 2.77. The lowest BCUT2D eigenvalue weighted by atomic mass is 10.1. The molecule has 0 heterocycles. The zero-order valence-corrected chi connectivity index (χ0v) is 23.0. The zero-order valence-electron chi connectivity index (χ0n) is 19.9. The fourth-order valence-electron chi connectivity index (χ4n) is 3.51. The number of rotatable bonds is 12. The molecule has 35 heavy (non-hydrogen) atoms. The number of unbranched alkanes of at least 4 members (excludes halogenated alkanes) is 1. The van der Waals surface area contributed by atoms with Crippen LogP contribution >= 0.6 is 34.8 Å². The van der Waals surface area contributed by atoms with Crippen LogP contribution in [0.2, 0.25) is 15.1 Å². The number of carbonyl (C=O) groups excluding carboxylic acids is 2. The van der Waals surface area contributed by atoms with Crippen molar-refractivity contribution in [3.8, 4) is 0 Å². The molecule has 2 aromatic carbocycles. The van der Waals surface area contributed by atoms with Crippen LogP contribution < -0.4 is 9.62 Å². The lowest BCUT2D eigenvalue weighted by Gasteiger charge is -2.33. The number of amides is 2.